The molecule has 2 N–H and O–H groups in total. The predicted molar refractivity (Wildman–Crippen MR) is 65.7 cm³/mol. The number of aliphatic hydroxyl groups is 1. The molecule has 1 rings (SSSR count). The first kappa shape index (κ1) is 16.6. The molecule has 1 aromatic carbocycles. The van der Waals surface area contributed by atoms with Crippen LogP contribution in [0, 0.1) is 6.92 Å². The van der Waals surface area contributed by atoms with Crippen LogP contribution in [-0.2, 0) is 15.6 Å². The monoisotopic (exact) mass is 310 g/mol. The van der Waals surface area contributed by atoms with Crippen molar-refractivity contribution in [3.8, 4) is 0 Å². The van der Waals surface area contributed by atoms with Crippen molar-refractivity contribution in [2.75, 3.05) is 0 Å². The quantitative estimate of drug-likeness (QED) is 0.870. The Morgan fingerprint density at radius 1 is 1.30 bits per heavy atom. The zero-order valence-corrected chi connectivity index (χ0v) is 11.2. The Morgan fingerprint density at radius 3 is 2.20 bits per heavy atom. The fourth-order valence-corrected chi connectivity index (χ4v) is 2.97. The minimum atomic E-state index is -5.03. The van der Waals surface area contributed by atoms with Crippen LogP contribution < -0.4 is 0 Å². The van der Waals surface area contributed by atoms with E-state index in [1.807, 2.05) is 0 Å². The van der Waals surface area contributed by atoms with Crippen molar-refractivity contribution in [1.29, 1.82) is 0 Å². The third-order valence-corrected chi connectivity index (χ3v) is 4.30. The minimum Gasteiger partial charge on any atom is -0.481 e. The van der Waals surface area contributed by atoms with Crippen molar-refractivity contribution in [2.24, 2.45) is 0 Å². The molecule has 8 heteroatoms. The van der Waals surface area contributed by atoms with E-state index in [2.05, 4.69) is 0 Å². The molecule has 0 saturated heterocycles. The lowest BCUT2D eigenvalue weighted by atomic mass is 10.2. The summed E-state index contributed by atoms with van der Waals surface area (Å²) in [4.78, 5) is 10.7. The Kier molecular flexibility index (Phi) is 5.29. The Hall–Kier alpha value is -1.41. The highest BCUT2D eigenvalue weighted by Gasteiger charge is 2.46. The number of aryl methyl sites for hydroxylation is 1. The Balaban J connectivity index is 3.07. The van der Waals surface area contributed by atoms with Gasteiger partial charge in [0.05, 0.1) is 22.5 Å². The fourth-order valence-electron chi connectivity index (χ4n) is 1.53. The molecule has 4 nitrogen and oxygen atoms in total. The largest absolute Gasteiger partial charge is 0.481 e. The van der Waals surface area contributed by atoms with Gasteiger partial charge in [0.25, 0.3) is 0 Å². The maximum atomic E-state index is 12.5. The molecule has 0 aromatic heterocycles. The van der Waals surface area contributed by atoms with Gasteiger partial charge in [-0.3, -0.25) is 9.00 Å². The van der Waals surface area contributed by atoms with Gasteiger partial charge in [0.15, 0.2) is 6.10 Å². The molecule has 0 aliphatic carbocycles. The second-order valence-corrected chi connectivity index (χ2v) is 5.90. The van der Waals surface area contributed by atoms with E-state index in [0.29, 0.717) is 0 Å². The van der Waals surface area contributed by atoms with Crippen LogP contribution in [0.4, 0.5) is 13.2 Å². The molecular formula is C12H13F3O4S. The van der Waals surface area contributed by atoms with Crippen LogP contribution in [-0.4, -0.2) is 37.9 Å². The highest BCUT2D eigenvalue weighted by Crippen LogP contribution is 2.28. The zero-order chi connectivity index (χ0) is 15.5. The van der Waals surface area contributed by atoms with Gasteiger partial charge in [0, 0.05) is 4.90 Å². The highest BCUT2D eigenvalue weighted by atomic mass is 32.2. The first-order valence-electron chi connectivity index (χ1n) is 5.56. The average molecular weight is 310 g/mol. The summed E-state index contributed by atoms with van der Waals surface area (Å²) < 4.78 is 49.6. The topological polar surface area (TPSA) is 74.6 Å². The van der Waals surface area contributed by atoms with Crippen molar-refractivity contribution in [3.05, 3.63) is 29.8 Å². The number of hydrogen-bond donors (Lipinski definition) is 2. The van der Waals surface area contributed by atoms with Crippen molar-refractivity contribution >= 4 is 16.8 Å². The molecule has 0 saturated carbocycles. The molecule has 0 aliphatic rings. The summed E-state index contributed by atoms with van der Waals surface area (Å²) in [6, 6.07) is 5.79. The first-order valence-corrected chi connectivity index (χ1v) is 6.78. The van der Waals surface area contributed by atoms with Crippen LogP contribution >= 0.6 is 0 Å². The van der Waals surface area contributed by atoms with Gasteiger partial charge in [-0.2, -0.15) is 13.2 Å². The number of carboxylic acid groups (broad SMARTS) is 1. The van der Waals surface area contributed by atoms with Crippen LogP contribution in [0.1, 0.15) is 12.0 Å². The molecule has 20 heavy (non-hydrogen) atoms. The number of carbonyl (C=O) groups is 1. The molecule has 0 spiro atoms. The number of aliphatic hydroxyl groups excluding tert-OH is 1. The van der Waals surface area contributed by atoms with Crippen molar-refractivity contribution in [1.82, 2.24) is 0 Å². The van der Waals surface area contributed by atoms with Gasteiger partial charge in [0.2, 0.25) is 0 Å². The second kappa shape index (κ2) is 6.36. The average Bonchev–Trinajstić information content (AvgIpc) is 2.34. The van der Waals surface area contributed by atoms with E-state index in [1.54, 1.807) is 19.1 Å². The highest BCUT2D eigenvalue weighted by molar-refractivity contribution is 7.85. The summed E-state index contributed by atoms with van der Waals surface area (Å²) in [6.45, 7) is 1.74. The van der Waals surface area contributed by atoms with E-state index in [9.17, 15) is 27.3 Å². The van der Waals surface area contributed by atoms with Crippen LogP contribution in [0.5, 0.6) is 0 Å². The number of halogens is 3. The molecule has 0 amide bonds. The molecule has 0 radical (unpaired) electrons. The van der Waals surface area contributed by atoms with Crippen LogP contribution in [0.3, 0.4) is 0 Å². The van der Waals surface area contributed by atoms with Crippen LogP contribution in [0.2, 0.25) is 0 Å². The van der Waals surface area contributed by atoms with Gasteiger partial charge < -0.3 is 10.2 Å². The first-order chi connectivity index (χ1) is 9.12. The molecule has 0 bridgehead atoms. The number of aliphatic carboxylic acids is 1. The number of alkyl halides is 3. The Morgan fingerprint density at radius 2 is 1.80 bits per heavy atom. The SMILES string of the molecule is Cc1ccc([S@](=O)[C@H](CC(=O)O)[C@H](O)C(F)(F)F)cc1. The van der Waals surface area contributed by atoms with Crippen molar-refractivity contribution in [2.45, 2.75) is 35.8 Å². The fraction of sp³-hybridized carbons (Fsp3) is 0.417. The van der Waals surface area contributed by atoms with Crippen molar-refractivity contribution in [3.63, 3.8) is 0 Å². The third kappa shape index (κ3) is 4.31. The Labute approximate surface area is 115 Å². The Bertz CT molecular complexity index is 498. The molecule has 0 unspecified atom stereocenters. The lowest BCUT2D eigenvalue weighted by Gasteiger charge is -2.23. The van der Waals surface area contributed by atoms with Gasteiger partial charge in [-0.15, -0.1) is 0 Å². The van der Waals surface area contributed by atoms with Crippen LogP contribution in [0.15, 0.2) is 29.2 Å². The number of benzene rings is 1. The molecule has 1 aromatic rings. The van der Waals surface area contributed by atoms with E-state index in [4.69, 9.17) is 5.11 Å². The van der Waals surface area contributed by atoms with Gasteiger partial charge in [-0.25, -0.2) is 0 Å². The maximum absolute atomic E-state index is 12.5. The number of carboxylic acids is 1. The van der Waals surface area contributed by atoms with E-state index >= 15 is 0 Å². The van der Waals surface area contributed by atoms with Crippen molar-refractivity contribution < 1.29 is 32.4 Å². The second-order valence-electron chi connectivity index (χ2n) is 4.23. The molecular weight excluding hydrogens is 297 g/mol. The molecule has 0 fully saturated rings. The summed E-state index contributed by atoms with van der Waals surface area (Å²) in [5, 5.41) is 15.9. The van der Waals surface area contributed by atoms with E-state index in [1.165, 1.54) is 12.1 Å². The summed E-state index contributed by atoms with van der Waals surface area (Å²) in [7, 11) is -2.28. The normalized spacial score (nSPS) is 16.4. The molecule has 0 heterocycles. The lowest BCUT2D eigenvalue weighted by molar-refractivity contribution is -0.204. The van der Waals surface area contributed by atoms with Gasteiger partial charge in [-0.1, -0.05) is 17.7 Å². The van der Waals surface area contributed by atoms with E-state index in [0.717, 1.165) is 5.56 Å². The zero-order valence-electron chi connectivity index (χ0n) is 10.4. The standard InChI is InChI=1S/C12H13F3O4S/c1-7-2-4-8(5-3-7)20(19)9(6-10(16)17)11(18)12(13,14)15/h2-5,9,11,18H,6H2,1H3,(H,16,17)/t9-,11+,20+/m1/s1. The number of rotatable bonds is 5. The minimum absolute atomic E-state index is 0.0464. The molecule has 112 valence electrons. The van der Waals surface area contributed by atoms with Gasteiger partial charge in [0.1, 0.15) is 0 Å². The van der Waals surface area contributed by atoms with Crippen LogP contribution in [0.25, 0.3) is 0 Å². The smallest absolute Gasteiger partial charge is 0.415 e. The van der Waals surface area contributed by atoms with Gasteiger partial charge >= 0.3 is 12.1 Å². The molecule has 3 atom stereocenters. The van der Waals surface area contributed by atoms with Gasteiger partial charge in [-0.05, 0) is 19.1 Å². The summed E-state index contributed by atoms with van der Waals surface area (Å²) in [6.07, 6.45) is -9.03. The van der Waals surface area contributed by atoms with E-state index < -0.39 is 40.7 Å². The summed E-state index contributed by atoms with van der Waals surface area (Å²) in [5.74, 6) is -1.56. The number of hydrogen-bond acceptors (Lipinski definition) is 3. The summed E-state index contributed by atoms with van der Waals surface area (Å²) >= 11 is 0. The summed E-state index contributed by atoms with van der Waals surface area (Å²) in [5.41, 5.74) is 0.817. The maximum Gasteiger partial charge on any atom is 0.415 e. The third-order valence-electron chi connectivity index (χ3n) is 2.59. The predicted octanol–water partition coefficient (Wildman–Crippen LogP) is 1.87. The van der Waals surface area contributed by atoms with E-state index in [-0.39, 0.29) is 4.90 Å². The molecule has 0 aliphatic heterocycles. The lowest BCUT2D eigenvalue weighted by Crippen LogP contribution is -2.43.